The van der Waals surface area contributed by atoms with Gasteiger partial charge in [-0.05, 0) is 73.8 Å². The van der Waals surface area contributed by atoms with Gasteiger partial charge in [-0.3, -0.25) is 4.79 Å². The van der Waals surface area contributed by atoms with Gasteiger partial charge in [0.15, 0.2) is 0 Å². The lowest BCUT2D eigenvalue weighted by Gasteiger charge is -2.22. The maximum atomic E-state index is 13.4. The van der Waals surface area contributed by atoms with Gasteiger partial charge in [0.25, 0.3) is 5.91 Å². The highest BCUT2D eigenvalue weighted by Gasteiger charge is 2.12. The van der Waals surface area contributed by atoms with Crippen molar-refractivity contribution in [1.82, 2.24) is 15.2 Å². The Balaban J connectivity index is 1.53. The lowest BCUT2D eigenvalue weighted by molar-refractivity contribution is 0.0869. The summed E-state index contributed by atoms with van der Waals surface area (Å²) >= 11 is 6.28. The fraction of sp³-hybridized carbons (Fsp3) is 0.226. The fourth-order valence-electron chi connectivity index (χ4n) is 4.07. The van der Waals surface area contributed by atoms with E-state index in [1.54, 1.807) is 48.7 Å². The van der Waals surface area contributed by atoms with Gasteiger partial charge in [-0.1, -0.05) is 43.4 Å². The highest BCUT2D eigenvalue weighted by Crippen LogP contribution is 2.28. The van der Waals surface area contributed by atoms with E-state index >= 15 is 0 Å². The Morgan fingerprint density at radius 1 is 1.05 bits per heavy atom. The minimum Gasteiger partial charge on any atom is -0.390 e. The molecule has 4 aromatic rings. The molecule has 3 N–H and O–H groups in total. The number of anilines is 2. The molecule has 1 amide bonds. The van der Waals surface area contributed by atoms with Crippen LogP contribution in [0.3, 0.4) is 0 Å². The second kappa shape index (κ2) is 13.2. The molecule has 1 heterocycles. The molecule has 1 unspecified atom stereocenters. The summed E-state index contributed by atoms with van der Waals surface area (Å²) in [6.45, 7) is 6.44. The van der Waals surface area contributed by atoms with Crippen molar-refractivity contribution in [2.45, 2.75) is 20.0 Å². The van der Waals surface area contributed by atoms with Crippen molar-refractivity contribution in [2.24, 2.45) is 0 Å². The van der Waals surface area contributed by atoms with E-state index in [0.717, 1.165) is 23.9 Å². The Hall–Kier alpha value is -3.96. The molecule has 8 heteroatoms. The highest BCUT2D eigenvalue weighted by atomic mass is 35.5. The topological polar surface area (TPSA) is 77.5 Å². The first-order valence-electron chi connectivity index (χ1n) is 12.8. The number of pyridine rings is 1. The maximum Gasteiger partial charge on any atom is 0.251 e. The predicted octanol–water partition coefficient (Wildman–Crippen LogP) is 5.60. The van der Waals surface area contributed by atoms with E-state index in [9.17, 15) is 14.3 Å². The predicted molar refractivity (Wildman–Crippen MR) is 155 cm³/mol. The number of benzene rings is 3. The molecule has 39 heavy (non-hydrogen) atoms. The van der Waals surface area contributed by atoms with Crippen LogP contribution in [-0.4, -0.2) is 53.2 Å². The van der Waals surface area contributed by atoms with Crippen molar-refractivity contribution >= 4 is 39.8 Å². The summed E-state index contributed by atoms with van der Waals surface area (Å²) in [6, 6.07) is 18.4. The number of fused-ring (bicyclic) bond motifs is 1. The van der Waals surface area contributed by atoms with Gasteiger partial charge < -0.3 is 20.6 Å². The number of nitrogens with one attached hydrogen (secondary N) is 2. The van der Waals surface area contributed by atoms with E-state index in [0.29, 0.717) is 39.8 Å². The summed E-state index contributed by atoms with van der Waals surface area (Å²) in [4.78, 5) is 19.2. The van der Waals surface area contributed by atoms with Crippen LogP contribution in [0.25, 0.3) is 10.8 Å². The number of carbonyl (C=O) groups excluding carboxylic acids is 1. The molecule has 1 atom stereocenters. The lowest BCUT2D eigenvalue weighted by Crippen LogP contribution is -2.40. The summed E-state index contributed by atoms with van der Waals surface area (Å²) in [5, 5.41) is 18.5. The molecule has 0 aliphatic rings. The highest BCUT2D eigenvalue weighted by molar-refractivity contribution is 6.31. The van der Waals surface area contributed by atoms with Crippen molar-refractivity contribution in [3.63, 3.8) is 0 Å². The first-order valence-corrected chi connectivity index (χ1v) is 13.2. The molecule has 0 saturated carbocycles. The van der Waals surface area contributed by atoms with Crippen molar-refractivity contribution < 1.29 is 14.3 Å². The van der Waals surface area contributed by atoms with Crippen LogP contribution in [0.5, 0.6) is 0 Å². The van der Waals surface area contributed by atoms with E-state index in [2.05, 4.69) is 32.4 Å². The van der Waals surface area contributed by atoms with Crippen LogP contribution >= 0.6 is 11.6 Å². The molecule has 0 spiro atoms. The summed E-state index contributed by atoms with van der Waals surface area (Å²) in [6.07, 6.45) is 1.09. The van der Waals surface area contributed by atoms with E-state index in [4.69, 9.17) is 11.6 Å². The average Bonchev–Trinajstić information content (AvgIpc) is 2.95. The summed E-state index contributed by atoms with van der Waals surface area (Å²) < 4.78 is 13.4. The van der Waals surface area contributed by atoms with Crippen molar-refractivity contribution in [2.75, 3.05) is 31.5 Å². The second-order valence-electron chi connectivity index (χ2n) is 9.02. The van der Waals surface area contributed by atoms with Gasteiger partial charge in [0.2, 0.25) is 0 Å². The fourth-order valence-corrected chi connectivity index (χ4v) is 4.24. The minimum atomic E-state index is -0.639. The van der Waals surface area contributed by atoms with E-state index in [1.165, 1.54) is 12.1 Å². The van der Waals surface area contributed by atoms with Gasteiger partial charge in [-0.2, -0.15) is 0 Å². The summed E-state index contributed by atoms with van der Waals surface area (Å²) in [5.41, 5.74) is 2.50. The third-order valence-electron chi connectivity index (χ3n) is 6.30. The number of carbonyl (C=O) groups is 1. The zero-order chi connectivity index (χ0) is 27.8. The third kappa shape index (κ3) is 7.55. The number of amides is 1. The molecule has 0 saturated heterocycles. The number of halogens is 2. The molecule has 200 valence electrons. The molecule has 0 bridgehead atoms. The number of nitrogens with zero attached hydrogens (tertiary/aromatic N) is 2. The largest absolute Gasteiger partial charge is 0.390 e. The molecule has 3 aromatic carbocycles. The Morgan fingerprint density at radius 3 is 2.46 bits per heavy atom. The lowest BCUT2D eigenvalue weighted by atomic mass is 10.1. The monoisotopic (exact) mass is 544 g/mol. The molecule has 6 nitrogen and oxygen atoms in total. The molecular weight excluding hydrogens is 515 g/mol. The summed E-state index contributed by atoms with van der Waals surface area (Å²) in [7, 11) is 0. The van der Waals surface area contributed by atoms with Gasteiger partial charge in [0, 0.05) is 51.9 Å². The quantitative estimate of drug-likeness (QED) is 0.239. The number of hydrogen-bond donors (Lipinski definition) is 3. The van der Waals surface area contributed by atoms with Gasteiger partial charge >= 0.3 is 0 Å². The summed E-state index contributed by atoms with van der Waals surface area (Å²) in [5.74, 6) is 6.28. The number of aliphatic hydroxyl groups excluding tert-OH is 1. The van der Waals surface area contributed by atoms with Crippen molar-refractivity contribution in [3.05, 3.63) is 100 Å². The van der Waals surface area contributed by atoms with Crippen molar-refractivity contribution in [3.8, 4) is 11.8 Å². The van der Waals surface area contributed by atoms with Crippen LogP contribution in [0.4, 0.5) is 15.9 Å². The van der Waals surface area contributed by atoms with Crippen LogP contribution in [0.2, 0.25) is 5.02 Å². The van der Waals surface area contributed by atoms with E-state index < -0.39 is 6.10 Å². The SMILES string of the molecule is CCN(CC)CC(O)CNC(=O)c1ccc(C#Cc2c(Nc3ccc(F)cc3)ncc3ccc(Cl)cc23)cc1. The number of hydrogen-bond acceptors (Lipinski definition) is 5. The normalized spacial score (nSPS) is 11.6. The first-order chi connectivity index (χ1) is 18.9. The number of aromatic nitrogens is 1. The zero-order valence-corrected chi connectivity index (χ0v) is 22.6. The van der Waals surface area contributed by atoms with Crippen LogP contribution in [-0.2, 0) is 0 Å². The van der Waals surface area contributed by atoms with Crippen LogP contribution in [0, 0.1) is 17.7 Å². The molecule has 1 aromatic heterocycles. The minimum absolute atomic E-state index is 0.178. The molecule has 0 aliphatic heterocycles. The zero-order valence-electron chi connectivity index (χ0n) is 21.8. The number of likely N-dealkylation sites (N-methyl/N-ethyl adjacent to an activating group) is 1. The van der Waals surface area contributed by atoms with E-state index in [-0.39, 0.29) is 18.3 Å². The Kier molecular flexibility index (Phi) is 9.50. The molecular formula is C31H30ClFN4O2. The van der Waals surface area contributed by atoms with Crippen LogP contribution in [0.1, 0.15) is 35.3 Å². The van der Waals surface area contributed by atoms with Gasteiger partial charge in [-0.25, -0.2) is 9.37 Å². The smallest absolute Gasteiger partial charge is 0.251 e. The average molecular weight is 545 g/mol. The van der Waals surface area contributed by atoms with Gasteiger partial charge in [0.05, 0.1) is 11.7 Å². The Labute approximate surface area is 232 Å². The Bertz CT molecular complexity index is 1490. The van der Waals surface area contributed by atoms with E-state index in [1.807, 2.05) is 26.0 Å². The van der Waals surface area contributed by atoms with Crippen LogP contribution in [0.15, 0.2) is 72.9 Å². The molecule has 0 aliphatic carbocycles. The molecule has 4 rings (SSSR count). The number of aliphatic hydroxyl groups is 1. The maximum absolute atomic E-state index is 13.4. The molecule has 0 radical (unpaired) electrons. The van der Waals surface area contributed by atoms with Gasteiger partial charge in [-0.15, -0.1) is 0 Å². The first kappa shape index (κ1) is 28.1. The second-order valence-corrected chi connectivity index (χ2v) is 9.46. The third-order valence-corrected chi connectivity index (χ3v) is 6.54. The van der Waals surface area contributed by atoms with Crippen molar-refractivity contribution in [1.29, 1.82) is 0 Å². The Morgan fingerprint density at radius 2 is 1.77 bits per heavy atom. The van der Waals surface area contributed by atoms with Gasteiger partial charge in [0.1, 0.15) is 11.6 Å². The van der Waals surface area contributed by atoms with Crippen LogP contribution < -0.4 is 10.6 Å². The number of rotatable bonds is 9. The standard InChI is InChI=1S/C31H30ClFN4O2/c1-3-37(4-2)20-27(38)19-35-31(39)22-8-5-21(6-9-22)7-16-28-29-17-24(32)11-10-23(29)18-34-30(28)36-26-14-12-25(33)13-15-26/h5-6,8-15,17-18,27,38H,3-4,19-20H2,1-2H3,(H,34,36)(H,35,39). The molecule has 0 fully saturated rings.